The van der Waals surface area contributed by atoms with Gasteiger partial charge in [-0.2, -0.15) is 0 Å². The lowest BCUT2D eigenvalue weighted by Gasteiger charge is -2.34. The Balaban J connectivity index is 2.15. The average molecular weight is 285 g/mol. The van der Waals surface area contributed by atoms with Gasteiger partial charge < -0.3 is 9.80 Å². The van der Waals surface area contributed by atoms with E-state index in [1.807, 2.05) is 4.90 Å². The number of hydrogen-bond donors (Lipinski definition) is 0. The van der Waals surface area contributed by atoms with Crippen molar-refractivity contribution in [3.63, 3.8) is 0 Å². The fourth-order valence-electron chi connectivity index (χ4n) is 1.99. The molecule has 0 atom stereocenters. The molecule has 1 aliphatic heterocycles. The molecule has 1 fully saturated rings. The van der Waals surface area contributed by atoms with Gasteiger partial charge >= 0.3 is 0 Å². The lowest BCUT2D eigenvalue weighted by Crippen LogP contribution is -2.48. The Morgan fingerprint density at radius 1 is 1.37 bits per heavy atom. The molecule has 19 heavy (non-hydrogen) atoms. The van der Waals surface area contributed by atoms with Crippen LogP contribution < -0.4 is 4.90 Å². The highest BCUT2D eigenvalue weighted by molar-refractivity contribution is 6.29. The molecule has 1 aliphatic rings. The predicted molar refractivity (Wildman–Crippen MR) is 70.4 cm³/mol. The Morgan fingerprint density at radius 2 is 2.00 bits per heavy atom. The highest BCUT2D eigenvalue weighted by Crippen LogP contribution is 2.24. The monoisotopic (exact) mass is 284 g/mol. The molecule has 7 nitrogen and oxygen atoms in total. The van der Waals surface area contributed by atoms with Crippen molar-refractivity contribution in [2.45, 2.75) is 6.92 Å². The van der Waals surface area contributed by atoms with Gasteiger partial charge in [-0.1, -0.05) is 11.6 Å². The van der Waals surface area contributed by atoms with Gasteiger partial charge in [0.1, 0.15) is 11.0 Å². The number of hydrogen-bond acceptors (Lipinski definition) is 5. The number of aromatic nitrogens is 1. The summed E-state index contributed by atoms with van der Waals surface area (Å²) >= 11 is 5.79. The van der Waals surface area contributed by atoms with Crippen molar-refractivity contribution < 1.29 is 9.72 Å². The van der Waals surface area contributed by atoms with E-state index in [-0.39, 0.29) is 16.7 Å². The van der Waals surface area contributed by atoms with Gasteiger partial charge in [0.25, 0.3) is 5.69 Å². The molecule has 0 aromatic carbocycles. The molecule has 0 aliphatic carbocycles. The number of nitrogens with zero attached hydrogens (tertiary/aromatic N) is 4. The Hall–Kier alpha value is -1.89. The number of halogens is 1. The summed E-state index contributed by atoms with van der Waals surface area (Å²) in [5, 5.41) is 10.9. The van der Waals surface area contributed by atoms with E-state index < -0.39 is 4.92 Å². The summed E-state index contributed by atoms with van der Waals surface area (Å²) in [6, 6.07) is 2.62. The normalized spacial score (nSPS) is 15.5. The maximum absolute atomic E-state index is 11.2. The van der Waals surface area contributed by atoms with Crippen LogP contribution in [0.25, 0.3) is 0 Å². The van der Waals surface area contributed by atoms with Crippen LogP contribution in [-0.4, -0.2) is 46.9 Å². The molecule has 0 unspecified atom stereocenters. The van der Waals surface area contributed by atoms with Crippen LogP contribution in [0.4, 0.5) is 11.5 Å². The van der Waals surface area contributed by atoms with E-state index >= 15 is 0 Å². The van der Waals surface area contributed by atoms with Crippen LogP contribution in [0.1, 0.15) is 6.92 Å². The summed E-state index contributed by atoms with van der Waals surface area (Å²) in [6.45, 7) is 3.86. The number of piperazine rings is 1. The Labute approximate surface area is 114 Å². The molecule has 0 N–H and O–H groups in total. The number of carbonyl (C=O) groups is 1. The maximum Gasteiger partial charge on any atom is 0.276 e. The summed E-state index contributed by atoms with van der Waals surface area (Å²) in [7, 11) is 0. The van der Waals surface area contributed by atoms with Crippen molar-refractivity contribution in [2.24, 2.45) is 0 Å². The largest absolute Gasteiger partial charge is 0.353 e. The lowest BCUT2D eigenvalue weighted by atomic mass is 10.3. The van der Waals surface area contributed by atoms with E-state index in [0.717, 1.165) is 0 Å². The van der Waals surface area contributed by atoms with Crippen molar-refractivity contribution in [3.8, 4) is 0 Å². The maximum atomic E-state index is 11.2. The number of pyridine rings is 1. The number of amides is 1. The summed E-state index contributed by atoms with van der Waals surface area (Å²) < 4.78 is 0. The second-order valence-electron chi connectivity index (χ2n) is 4.26. The van der Waals surface area contributed by atoms with Gasteiger partial charge in [0.2, 0.25) is 5.91 Å². The minimum absolute atomic E-state index is 0.0321. The van der Waals surface area contributed by atoms with Crippen LogP contribution in [0.15, 0.2) is 12.1 Å². The van der Waals surface area contributed by atoms with Gasteiger partial charge in [0, 0.05) is 33.1 Å². The average Bonchev–Trinajstić information content (AvgIpc) is 2.38. The van der Waals surface area contributed by atoms with Crippen LogP contribution in [0.2, 0.25) is 5.15 Å². The van der Waals surface area contributed by atoms with Crippen molar-refractivity contribution >= 4 is 29.0 Å². The summed E-state index contributed by atoms with van der Waals surface area (Å²) in [5.41, 5.74) is -0.0796. The zero-order valence-corrected chi connectivity index (χ0v) is 11.1. The minimum Gasteiger partial charge on any atom is -0.353 e. The van der Waals surface area contributed by atoms with Gasteiger partial charge in [-0.3, -0.25) is 14.9 Å². The van der Waals surface area contributed by atoms with E-state index in [4.69, 9.17) is 11.6 Å². The van der Waals surface area contributed by atoms with Crippen LogP contribution in [0, 0.1) is 10.1 Å². The predicted octanol–water partition coefficient (Wildman–Crippen LogP) is 1.31. The second kappa shape index (κ2) is 5.40. The van der Waals surface area contributed by atoms with Crippen LogP contribution in [0.5, 0.6) is 0 Å². The lowest BCUT2D eigenvalue weighted by molar-refractivity contribution is -0.384. The summed E-state index contributed by atoms with van der Waals surface area (Å²) in [4.78, 5) is 29.2. The third-order valence-electron chi connectivity index (χ3n) is 3.03. The van der Waals surface area contributed by atoms with Gasteiger partial charge in [0.15, 0.2) is 0 Å². The van der Waals surface area contributed by atoms with Crippen LogP contribution in [-0.2, 0) is 4.79 Å². The molecule has 0 bridgehead atoms. The topological polar surface area (TPSA) is 79.6 Å². The summed E-state index contributed by atoms with van der Waals surface area (Å²) in [6.07, 6.45) is 0. The fraction of sp³-hybridized carbons (Fsp3) is 0.455. The molecule has 0 spiro atoms. The zero-order chi connectivity index (χ0) is 14.0. The highest BCUT2D eigenvalue weighted by Gasteiger charge is 2.21. The minimum atomic E-state index is -0.497. The Morgan fingerprint density at radius 3 is 2.53 bits per heavy atom. The van der Waals surface area contributed by atoms with E-state index in [1.54, 1.807) is 4.90 Å². The van der Waals surface area contributed by atoms with E-state index in [2.05, 4.69) is 4.98 Å². The van der Waals surface area contributed by atoms with Gasteiger partial charge in [0.05, 0.1) is 17.1 Å². The van der Waals surface area contributed by atoms with Crippen molar-refractivity contribution in [3.05, 3.63) is 27.4 Å². The quantitative estimate of drug-likeness (QED) is 0.465. The Kier molecular flexibility index (Phi) is 3.84. The molecule has 1 saturated heterocycles. The molecule has 1 aromatic rings. The Bertz CT molecular complexity index is 515. The zero-order valence-electron chi connectivity index (χ0n) is 10.4. The number of anilines is 1. The first-order chi connectivity index (χ1) is 8.97. The highest BCUT2D eigenvalue weighted by atomic mass is 35.5. The van der Waals surface area contributed by atoms with Gasteiger partial charge in [-0.15, -0.1) is 0 Å². The van der Waals surface area contributed by atoms with E-state index in [9.17, 15) is 14.9 Å². The fourth-order valence-corrected chi connectivity index (χ4v) is 2.19. The number of rotatable bonds is 2. The smallest absolute Gasteiger partial charge is 0.276 e. The van der Waals surface area contributed by atoms with Gasteiger partial charge in [-0.25, -0.2) is 4.98 Å². The third kappa shape index (κ3) is 3.11. The molecular formula is C11H13ClN4O3. The third-order valence-corrected chi connectivity index (χ3v) is 3.22. The van der Waals surface area contributed by atoms with Gasteiger partial charge in [-0.05, 0) is 0 Å². The molecule has 0 radical (unpaired) electrons. The molecule has 2 heterocycles. The molecule has 2 rings (SSSR count). The molecular weight excluding hydrogens is 272 g/mol. The van der Waals surface area contributed by atoms with Crippen molar-refractivity contribution in [2.75, 3.05) is 31.1 Å². The first-order valence-corrected chi connectivity index (χ1v) is 6.17. The number of carbonyl (C=O) groups excluding carboxylic acids is 1. The SMILES string of the molecule is CC(=O)N1CCN(c2cc([N+](=O)[O-])cc(Cl)n2)CC1. The van der Waals surface area contributed by atoms with Crippen LogP contribution >= 0.6 is 11.6 Å². The molecule has 1 amide bonds. The second-order valence-corrected chi connectivity index (χ2v) is 4.64. The van der Waals surface area contributed by atoms with Crippen molar-refractivity contribution in [1.29, 1.82) is 0 Å². The molecule has 0 saturated carbocycles. The summed E-state index contributed by atoms with van der Waals surface area (Å²) in [5.74, 6) is 0.507. The molecule has 1 aromatic heterocycles. The first-order valence-electron chi connectivity index (χ1n) is 5.80. The van der Waals surface area contributed by atoms with Crippen molar-refractivity contribution in [1.82, 2.24) is 9.88 Å². The molecule has 8 heteroatoms. The van der Waals surface area contributed by atoms with E-state index in [0.29, 0.717) is 32.0 Å². The van der Waals surface area contributed by atoms with Crippen LogP contribution in [0.3, 0.4) is 0 Å². The first kappa shape index (κ1) is 13.5. The number of nitro groups is 1. The van der Waals surface area contributed by atoms with E-state index in [1.165, 1.54) is 19.1 Å². The molecule has 102 valence electrons. The standard InChI is InChI=1S/C11H13ClN4O3/c1-8(17)14-2-4-15(5-3-14)11-7-9(16(18)19)6-10(12)13-11/h6-7H,2-5H2,1H3.